The van der Waals surface area contributed by atoms with Crippen molar-refractivity contribution in [1.82, 2.24) is 4.90 Å². The summed E-state index contributed by atoms with van der Waals surface area (Å²) in [5, 5.41) is 22.3. The topological polar surface area (TPSA) is 134 Å². The highest BCUT2D eigenvalue weighted by Crippen LogP contribution is 2.61. The minimum Gasteiger partial charge on any atom is -0.394 e. The first-order chi connectivity index (χ1) is 25.3. The van der Waals surface area contributed by atoms with Crippen LogP contribution in [0.25, 0.3) is 0 Å². The molecule has 0 unspecified atom stereocenters. The molecule has 2 saturated heterocycles. The number of rotatable bonds is 8. The van der Waals surface area contributed by atoms with Crippen molar-refractivity contribution >= 4 is 43.2 Å². The Kier molecular flexibility index (Phi) is 10.0. The Bertz CT molecular complexity index is 1940. The second-order valence-corrected chi connectivity index (χ2v) is 19.3. The molecule has 5 atom stereocenters. The van der Waals surface area contributed by atoms with Gasteiger partial charge in [0.1, 0.15) is 0 Å². The van der Waals surface area contributed by atoms with Gasteiger partial charge in [0.15, 0.2) is 5.60 Å². The molecule has 11 nitrogen and oxygen atoms in total. The highest BCUT2D eigenvalue weighted by Gasteiger charge is 2.67. The van der Waals surface area contributed by atoms with Gasteiger partial charge in [-0.15, -0.1) is 0 Å². The molecule has 7 rings (SSSR count). The van der Waals surface area contributed by atoms with Gasteiger partial charge in [-0.2, -0.15) is 0 Å². The molecule has 4 aliphatic heterocycles. The van der Waals surface area contributed by atoms with E-state index in [1.165, 1.54) is 12.1 Å². The zero-order valence-electron chi connectivity index (χ0n) is 30.5. The van der Waals surface area contributed by atoms with Crippen molar-refractivity contribution < 1.29 is 33.3 Å². The first-order valence-corrected chi connectivity index (χ1v) is 21.6. The average molecular weight is 743 g/mol. The van der Waals surface area contributed by atoms with Crippen molar-refractivity contribution in [3.63, 3.8) is 0 Å². The van der Waals surface area contributed by atoms with Crippen LogP contribution in [0.15, 0.2) is 66.7 Å². The normalized spacial score (nSPS) is 26.0. The maximum Gasteiger partial charge on any atom is 0.269 e. The largest absolute Gasteiger partial charge is 0.394 e. The number of aliphatic hydroxyl groups excluding tert-OH is 1. The number of benzene rings is 3. The van der Waals surface area contributed by atoms with E-state index in [1.807, 2.05) is 48.5 Å². The van der Waals surface area contributed by atoms with Gasteiger partial charge < -0.3 is 28.7 Å². The number of ether oxygens (including phenoxy) is 1. The van der Waals surface area contributed by atoms with Gasteiger partial charge in [-0.25, -0.2) is 0 Å². The number of aliphatic hydroxyl groups is 1. The molecular weight excluding hydrogens is 696 g/mol. The minimum absolute atomic E-state index is 0.0626. The summed E-state index contributed by atoms with van der Waals surface area (Å²) in [7, 11) is -3.65. The summed E-state index contributed by atoms with van der Waals surface area (Å²) in [6, 6.07) is 19.1. The van der Waals surface area contributed by atoms with Gasteiger partial charge in [0.05, 0.1) is 42.3 Å². The third-order valence-electron chi connectivity index (χ3n) is 11.8. The number of non-ortho nitro benzene ring substituents is 1. The maximum absolute atomic E-state index is 16.6. The summed E-state index contributed by atoms with van der Waals surface area (Å²) in [5.41, 5.74) is 1.46. The van der Waals surface area contributed by atoms with Gasteiger partial charge >= 0.3 is 0 Å². The molecule has 4 aliphatic rings. The molecule has 0 saturated carbocycles. The Balaban J connectivity index is 1.23. The molecular formula is C40H47FN4O7Si. The molecule has 53 heavy (non-hydrogen) atoms. The smallest absolute Gasteiger partial charge is 0.269 e. The number of halogens is 1. The lowest BCUT2D eigenvalue weighted by Crippen LogP contribution is -2.48. The highest BCUT2D eigenvalue weighted by molar-refractivity contribution is 6.72. The van der Waals surface area contributed by atoms with Crippen LogP contribution in [0.5, 0.6) is 0 Å². The molecule has 3 aromatic carbocycles. The van der Waals surface area contributed by atoms with E-state index in [1.54, 1.807) is 40.8 Å². The third-order valence-corrected chi connectivity index (χ3v) is 14.3. The molecule has 13 heteroatoms. The third kappa shape index (κ3) is 6.67. The van der Waals surface area contributed by atoms with Gasteiger partial charge in [0, 0.05) is 54.4 Å². The number of amides is 3. The Morgan fingerprint density at radius 2 is 1.79 bits per heavy atom. The Morgan fingerprint density at radius 3 is 2.53 bits per heavy atom. The van der Waals surface area contributed by atoms with Crippen LogP contribution in [0.1, 0.15) is 67.7 Å². The van der Waals surface area contributed by atoms with Gasteiger partial charge in [-0.3, -0.25) is 24.5 Å². The summed E-state index contributed by atoms with van der Waals surface area (Å²) in [6.45, 7) is 5.60. The van der Waals surface area contributed by atoms with E-state index in [-0.39, 0.29) is 42.6 Å². The number of fused-ring (bicyclic) bond motifs is 3. The van der Waals surface area contributed by atoms with Crippen molar-refractivity contribution in [2.24, 2.45) is 5.92 Å². The zero-order chi connectivity index (χ0) is 37.7. The van der Waals surface area contributed by atoms with Crippen LogP contribution >= 0.6 is 0 Å². The fourth-order valence-electron chi connectivity index (χ4n) is 9.28. The number of hydrogen-bond acceptors (Lipinski definition) is 7. The fraction of sp³-hybridized carbons (Fsp3) is 0.475. The van der Waals surface area contributed by atoms with Crippen molar-refractivity contribution in [2.45, 2.75) is 101 Å². The molecule has 280 valence electrons. The Morgan fingerprint density at radius 1 is 1.04 bits per heavy atom. The lowest BCUT2D eigenvalue weighted by atomic mass is 9.82. The quantitative estimate of drug-likeness (QED) is 0.120. The number of carbonyl (C=O) groups excluding carboxylic acids is 3. The van der Waals surface area contributed by atoms with Gasteiger partial charge in [-0.1, -0.05) is 56.2 Å². The minimum atomic E-state index is -3.65. The second kappa shape index (κ2) is 14.4. The summed E-state index contributed by atoms with van der Waals surface area (Å²) in [5.74, 6) is -1.47. The lowest BCUT2D eigenvalue weighted by Gasteiger charge is -2.37. The summed E-state index contributed by atoms with van der Waals surface area (Å²) in [4.78, 5) is 58.7. The molecule has 2 fully saturated rings. The predicted octanol–water partition coefficient (Wildman–Crippen LogP) is 6.55. The molecule has 4 heterocycles. The van der Waals surface area contributed by atoms with E-state index in [9.17, 15) is 29.6 Å². The van der Waals surface area contributed by atoms with E-state index >= 15 is 4.11 Å². The molecule has 0 aromatic heterocycles. The first kappa shape index (κ1) is 36.9. The van der Waals surface area contributed by atoms with Crippen LogP contribution in [0.4, 0.5) is 21.2 Å². The highest BCUT2D eigenvalue weighted by atomic mass is 28.4. The van der Waals surface area contributed by atoms with Crippen LogP contribution in [-0.4, -0.2) is 66.4 Å². The van der Waals surface area contributed by atoms with Gasteiger partial charge in [0.2, 0.25) is 20.2 Å². The predicted molar refractivity (Wildman–Crippen MR) is 200 cm³/mol. The van der Waals surface area contributed by atoms with Crippen LogP contribution in [0.3, 0.4) is 0 Å². The Hall–Kier alpha value is -4.46. The monoisotopic (exact) mass is 742 g/mol. The van der Waals surface area contributed by atoms with E-state index in [4.69, 9.17) is 4.74 Å². The van der Waals surface area contributed by atoms with Crippen molar-refractivity contribution in [1.29, 1.82) is 0 Å². The zero-order valence-corrected chi connectivity index (χ0v) is 31.5. The lowest BCUT2D eigenvalue weighted by molar-refractivity contribution is -0.385. The number of anilines is 2. The number of nitro groups is 1. The summed E-state index contributed by atoms with van der Waals surface area (Å²) in [6.07, 6.45) is 3.59. The molecule has 3 amide bonds. The van der Waals surface area contributed by atoms with Crippen molar-refractivity contribution in [2.75, 3.05) is 23.0 Å². The van der Waals surface area contributed by atoms with Gasteiger partial charge in [-0.05, 0) is 67.2 Å². The maximum atomic E-state index is 16.6. The van der Waals surface area contributed by atoms with Crippen LogP contribution in [0.2, 0.25) is 18.6 Å². The van der Waals surface area contributed by atoms with Crippen LogP contribution in [0, 0.1) is 16.0 Å². The number of carbonyl (C=O) groups is 3. The molecule has 1 spiro atoms. The molecule has 1 N–H and O–H groups in total. The van der Waals surface area contributed by atoms with Crippen LogP contribution < -0.4 is 9.80 Å². The fourth-order valence-corrected chi connectivity index (χ4v) is 11.8. The van der Waals surface area contributed by atoms with Gasteiger partial charge in [0.25, 0.3) is 11.6 Å². The standard InChI is InChI=1S/C40H47FN4O7Si/c1-26-38(53(2,3)41)35(22-37(48)43-24-29-13-8-7-12-28(29)20-32(43)25-46)52-40(26)33-21-31(45(50)51)16-17-34(33)44(39(40)49)23-27-11-10-14-30(19-27)42-18-9-5-4-6-15-36(42)47/h7-8,10-14,16-17,19,21,26,32,35,38,46H,4-6,9,15,18,20,22-25H2,1-3H3/t26-,32-,35+,38-,40+/m0/s1. The molecule has 3 aromatic rings. The number of nitrogens with zero attached hydrogens (tertiary/aromatic N) is 4. The second-order valence-electron chi connectivity index (χ2n) is 15.5. The van der Waals surface area contributed by atoms with E-state index in [0.29, 0.717) is 31.6 Å². The van der Waals surface area contributed by atoms with E-state index in [2.05, 4.69) is 0 Å². The van der Waals surface area contributed by atoms with Crippen molar-refractivity contribution in [3.8, 4) is 0 Å². The first-order valence-electron chi connectivity index (χ1n) is 18.7. The van der Waals surface area contributed by atoms with E-state index in [0.717, 1.165) is 48.1 Å². The molecule has 0 radical (unpaired) electrons. The molecule has 0 aliphatic carbocycles. The Labute approximate surface area is 310 Å². The van der Waals surface area contributed by atoms with Crippen molar-refractivity contribution in [3.05, 3.63) is 99.1 Å². The number of hydrogen-bond donors (Lipinski definition) is 1. The SMILES string of the molecule is C[C@H]1[C@H]([Si](C)(C)F)[C@@H](CC(=O)N2Cc3ccccc3C[C@H]2CO)O[C@]12C(=O)N(Cc1cccc(N3CCCCCCC3=O)c1)c1ccc([N+](=O)[O-])cc12. The summed E-state index contributed by atoms with van der Waals surface area (Å²) >= 11 is 0. The van der Waals surface area contributed by atoms with E-state index < -0.39 is 48.4 Å². The summed E-state index contributed by atoms with van der Waals surface area (Å²) < 4.78 is 23.3. The average Bonchev–Trinajstić information content (AvgIpc) is 3.55. The molecule has 0 bridgehead atoms. The number of nitro benzene ring substituents is 1. The van der Waals surface area contributed by atoms with Crippen LogP contribution in [-0.2, 0) is 44.2 Å².